The van der Waals surface area contributed by atoms with Crippen LogP contribution < -0.4 is 5.32 Å². The number of nitrogens with one attached hydrogen (secondary N) is 1. The van der Waals surface area contributed by atoms with Gasteiger partial charge in [0.2, 0.25) is 5.91 Å². The van der Waals surface area contributed by atoms with E-state index >= 15 is 0 Å². The lowest BCUT2D eigenvalue weighted by Gasteiger charge is -2.05. The largest absolute Gasteiger partial charge is 0.348 e. The highest BCUT2D eigenvalue weighted by atomic mass is 35.5. The summed E-state index contributed by atoms with van der Waals surface area (Å²) in [7, 11) is 0. The molecule has 0 aliphatic rings. The number of hydrogen-bond donors (Lipinski definition) is 1. The smallest absolute Gasteiger partial charge is 0.244 e. The summed E-state index contributed by atoms with van der Waals surface area (Å²) in [5.74, 6) is -0.172. The van der Waals surface area contributed by atoms with Gasteiger partial charge < -0.3 is 5.32 Å². The number of amides is 1. The quantitative estimate of drug-likeness (QED) is 0.617. The highest BCUT2D eigenvalue weighted by Crippen LogP contribution is 2.22. The van der Waals surface area contributed by atoms with Crippen LogP contribution in [-0.4, -0.2) is 5.91 Å². The molecule has 3 aromatic rings. The second kappa shape index (κ2) is 7.52. The molecule has 0 heterocycles. The maximum absolute atomic E-state index is 12.0. The van der Waals surface area contributed by atoms with Crippen molar-refractivity contribution in [3.63, 3.8) is 0 Å². The first-order chi connectivity index (χ1) is 11.6. The standard InChI is InChI=1S/C20H15Cl2NO/c21-18-9-7-16(19(22)12-18)8-10-20(24)23-13-14-5-6-15-3-1-2-4-17(15)11-14/h1-12H,13H2,(H,23,24)/b10-8+. The Bertz CT molecular complexity index is 918. The maximum Gasteiger partial charge on any atom is 0.244 e. The predicted octanol–water partition coefficient (Wildman–Crippen LogP) is 5.48. The molecule has 0 aliphatic carbocycles. The van der Waals surface area contributed by atoms with Crippen molar-refractivity contribution in [2.24, 2.45) is 0 Å². The molecule has 0 aromatic heterocycles. The second-order valence-electron chi connectivity index (χ2n) is 5.40. The fourth-order valence-corrected chi connectivity index (χ4v) is 2.87. The number of carbonyl (C=O) groups is 1. The molecule has 120 valence electrons. The van der Waals surface area contributed by atoms with Crippen LogP contribution in [-0.2, 0) is 11.3 Å². The Morgan fingerprint density at radius 1 is 0.958 bits per heavy atom. The average Bonchev–Trinajstić information content (AvgIpc) is 2.59. The normalized spacial score (nSPS) is 11.1. The Kier molecular flexibility index (Phi) is 5.19. The SMILES string of the molecule is O=C(/C=C/c1ccc(Cl)cc1Cl)NCc1ccc2ccccc2c1. The molecule has 0 saturated carbocycles. The van der Waals surface area contributed by atoms with E-state index in [1.54, 1.807) is 24.3 Å². The van der Waals surface area contributed by atoms with Crippen LogP contribution in [0.3, 0.4) is 0 Å². The summed E-state index contributed by atoms with van der Waals surface area (Å²) in [5, 5.41) is 6.30. The van der Waals surface area contributed by atoms with Gasteiger partial charge in [0.15, 0.2) is 0 Å². The predicted molar refractivity (Wildman–Crippen MR) is 101 cm³/mol. The van der Waals surface area contributed by atoms with E-state index in [9.17, 15) is 4.79 Å². The molecule has 0 bridgehead atoms. The van der Waals surface area contributed by atoms with Crippen LogP contribution in [0.2, 0.25) is 10.0 Å². The third-order valence-corrected chi connectivity index (χ3v) is 4.22. The van der Waals surface area contributed by atoms with Gasteiger partial charge in [0, 0.05) is 22.7 Å². The van der Waals surface area contributed by atoms with E-state index in [2.05, 4.69) is 29.6 Å². The summed E-state index contributed by atoms with van der Waals surface area (Å²) in [6.45, 7) is 0.475. The van der Waals surface area contributed by atoms with Gasteiger partial charge in [-0.15, -0.1) is 0 Å². The molecule has 0 radical (unpaired) electrons. The van der Waals surface area contributed by atoms with Gasteiger partial charge in [-0.1, -0.05) is 65.7 Å². The molecule has 0 aliphatic heterocycles. The first-order valence-corrected chi connectivity index (χ1v) is 8.26. The molecular weight excluding hydrogens is 341 g/mol. The number of fused-ring (bicyclic) bond motifs is 1. The van der Waals surface area contributed by atoms with Crippen molar-refractivity contribution in [2.45, 2.75) is 6.54 Å². The van der Waals surface area contributed by atoms with Gasteiger partial charge in [-0.2, -0.15) is 0 Å². The number of hydrogen-bond acceptors (Lipinski definition) is 1. The number of carbonyl (C=O) groups excluding carboxylic acids is 1. The third-order valence-electron chi connectivity index (χ3n) is 3.66. The minimum atomic E-state index is -0.172. The first-order valence-electron chi connectivity index (χ1n) is 7.50. The Morgan fingerprint density at radius 2 is 1.75 bits per heavy atom. The zero-order chi connectivity index (χ0) is 16.9. The molecule has 0 spiro atoms. The summed E-state index contributed by atoms with van der Waals surface area (Å²) in [6, 6.07) is 19.4. The van der Waals surface area contributed by atoms with Gasteiger partial charge in [0.1, 0.15) is 0 Å². The number of halogens is 2. The Labute approximate surface area is 150 Å². The van der Waals surface area contributed by atoms with Gasteiger partial charge in [-0.05, 0) is 46.2 Å². The monoisotopic (exact) mass is 355 g/mol. The van der Waals surface area contributed by atoms with Crippen molar-refractivity contribution in [1.82, 2.24) is 5.32 Å². The minimum absolute atomic E-state index is 0.172. The van der Waals surface area contributed by atoms with Crippen molar-refractivity contribution in [3.05, 3.63) is 87.9 Å². The number of rotatable bonds is 4. The summed E-state index contributed by atoms with van der Waals surface area (Å²) < 4.78 is 0. The van der Waals surface area contributed by atoms with Crippen LogP contribution in [0.5, 0.6) is 0 Å². The topological polar surface area (TPSA) is 29.1 Å². The zero-order valence-electron chi connectivity index (χ0n) is 12.8. The lowest BCUT2D eigenvalue weighted by molar-refractivity contribution is -0.116. The van der Waals surface area contributed by atoms with E-state index in [-0.39, 0.29) is 5.91 Å². The van der Waals surface area contributed by atoms with E-state index in [0.29, 0.717) is 16.6 Å². The van der Waals surface area contributed by atoms with Crippen LogP contribution >= 0.6 is 23.2 Å². The zero-order valence-corrected chi connectivity index (χ0v) is 14.3. The number of benzene rings is 3. The average molecular weight is 356 g/mol. The van der Waals surface area contributed by atoms with E-state index in [0.717, 1.165) is 16.5 Å². The van der Waals surface area contributed by atoms with E-state index in [1.807, 2.05) is 18.2 Å². The van der Waals surface area contributed by atoms with Crippen LogP contribution in [0.25, 0.3) is 16.8 Å². The maximum atomic E-state index is 12.0. The van der Waals surface area contributed by atoms with Crippen molar-refractivity contribution in [1.29, 1.82) is 0 Å². The molecular formula is C20H15Cl2NO. The molecule has 4 heteroatoms. The molecule has 0 atom stereocenters. The molecule has 3 aromatic carbocycles. The van der Waals surface area contributed by atoms with Crippen molar-refractivity contribution < 1.29 is 4.79 Å². The highest BCUT2D eigenvalue weighted by molar-refractivity contribution is 6.35. The molecule has 0 saturated heterocycles. The summed E-state index contributed by atoms with van der Waals surface area (Å²) in [6.07, 6.45) is 3.14. The highest BCUT2D eigenvalue weighted by Gasteiger charge is 2.01. The first kappa shape index (κ1) is 16.6. The summed E-state index contributed by atoms with van der Waals surface area (Å²) >= 11 is 11.9. The molecule has 1 amide bonds. The van der Waals surface area contributed by atoms with Gasteiger partial charge >= 0.3 is 0 Å². The van der Waals surface area contributed by atoms with Gasteiger partial charge in [0.05, 0.1) is 0 Å². The van der Waals surface area contributed by atoms with E-state index in [1.165, 1.54) is 11.5 Å². The molecule has 2 nitrogen and oxygen atoms in total. The molecule has 24 heavy (non-hydrogen) atoms. The molecule has 0 fully saturated rings. The molecule has 3 rings (SSSR count). The van der Waals surface area contributed by atoms with Crippen LogP contribution in [0.15, 0.2) is 66.7 Å². The Hall–Kier alpha value is -2.29. The van der Waals surface area contributed by atoms with E-state index in [4.69, 9.17) is 23.2 Å². The molecule has 0 unspecified atom stereocenters. The third kappa shape index (κ3) is 4.16. The fourth-order valence-electron chi connectivity index (χ4n) is 2.40. The molecule has 1 N–H and O–H groups in total. The minimum Gasteiger partial charge on any atom is -0.348 e. The van der Waals surface area contributed by atoms with Crippen molar-refractivity contribution in [3.8, 4) is 0 Å². The lowest BCUT2D eigenvalue weighted by Crippen LogP contribution is -2.20. The van der Waals surface area contributed by atoms with Gasteiger partial charge in [0.25, 0.3) is 0 Å². The summed E-state index contributed by atoms with van der Waals surface area (Å²) in [5.41, 5.74) is 1.81. The van der Waals surface area contributed by atoms with Crippen molar-refractivity contribution >= 4 is 46.0 Å². The summed E-state index contributed by atoms with van der Waals surface area (Å²) in [4.78, 5) is 12.0. The van der Waals surface area contributed by atoms with Gasteiger partial charge in [-0.3, -0.25) is 4.79 Å². The van der Waals surface area contributed by atoms with Crippen molar-refractivity contribution in [2.75, 3.05) is 0 Å². The Morgan fingerprint density at radius 3 is 2.54 bits per heavy atom. The van der Waals surface area contributed by atoms with Crippen LogP contribution in [0.1, 0.15) is 11.1 Å². The second-order valence-corrected chi connectivity index (χ2v) is 6.24. The van der Waals surface area contributed by atoms with Crippen LogP contribution in [0.4, 0.5) is 0 Å². The van der Waals surface area contributed by atoms with Gasteiger partial charge in [-0.25, -0.2) is 0 Å². The fraction of sp³-hybridized carbons (Fsp3) is 0.0500. The van der Waals surface area contributed by atoms with Crippen LogP contribution in [0, 0.1) is 0 Å². The Balaban J connectivity index is 1.63. The lowest BCUT2D eigenvalue weighted by atomic mass is 10.1. The van der Waals surface area contributed by atoms with E-state index < -0.39 is 0 Å².